The molecule has 1 fully saturated rings. The largest absolute Gasteiger partial charge is 0.493 e. The molecule has 1 aliphatic carbocycles. The van der Waals surface area contributed by atoms with E-state index in [9.17, 15) is 0 Å². The standard InChI is InChI=1S/C16H25NO2/c1-16(2,18-3)10-11-19-15-7-5-4-6-13(15)12-17-14-8-9-14/h4-7,14,17H,8-12H2,1-3H3. The van der Waals surface area contributed by atoms with Crippen molar-refractivity contribution in [2.24, 2.45) is 0 Å². The third-order valence-corrected chi connectivity index (χ3v) is 3.65. The summed E-state index contributed by atoms with van der Waals surface area (Å²) in [5.41, 5.74) is 1.12. The van der Waals surface area contributed by atoms with E-state index in [1.54, 1.807) is 7.11 Å². The van der Waals surface area contributed by atoms with Gasteiger partial charge in [0.25, 0.3) is 0 Å². The number of nitrogens with one attached hydrogen (secondary N) is 1. The molecule has 0 bridgehead atoms. The van der Waals surface area contributed by atoms with Crippen LogP contribution in [0.5, 0.6) is 5.75 Å². The first kappa shape index (κ1) is 14.4. The second kappa shape index (κ2) is 6.40. The van der Waals surface area contributed by atoms with E-state index >= 15 is 0 Å². The molecule has 2 rings (SSSR count). The van der Waals surface area contributed by atoms with Crippen LogP contribution in [0, 0.1) is 0 Å². The lowest BCUT2D eigenvalue weighted by molar-refractivity contribution is 0.00537. The third kappa shape index (κ3) is 4.84. The van der Waals surface area contributed by atoms with Gasteiger partial charge in [0.15, 0.2) is 0 Å². The average Bonchev–Trinajstić information content (AvgIpc) is 3.21. The van der Waals surface area contributed by atoms with E-state index in [1.165, 1.54) is 18.4 Å². The SMILES string of the molecule is COC(C)(C)CCOc1ccccc1CNC1CC1. The molecule has 0 aromatic heterocycles. The van der Waals surface area contributed by atoms with Gasteiger partial charge in [-0.1, -0.05) is 18.2 Å². The van der Waals surface area contributed by atoms with Gasteiger partial charge in [0.1, 0.15) is 5.75 Å². The van der Waals surface area contributed by atoms with Gasteiger partial charge in [-0.15, -0.1) is 0 Å². The lowest BCUT2D eigenvalue weighted by Gasteiger charge is -2.23. The number of benzene rings is 1. The Bertz CT molecular complexity index is 399. The van der Waals surface area contributed by atoms with Crippen molar-refractivity contribution in [3.63, 3.8) is 0 Å². The Morgan fingerprint density at radius 1 is 1.26 bits per heavy atom. The Morgan fingerprint density at radius 2 is 2.00 bits per heavy atom. The normalized spacial score (nSPS) is 15.5. The lowest BCUT2D eigenvalue weighted by Crippen LogP contribution is -2.25. The van der Waals surface area contributed by atoms with Gasteiger partial charge in [0.2, 0.25) is 0 Å². The molecule has 0 heterocycles. The molecule has 0 radical (unpaired) electrons. The highest BCUT2D eigenvalue weighted by Gasteiger charge is 2.20. The summed E-state index contributed by atoms with van der Waals surface area (Å²) in [5, 5.41) is 3.53. The zero-order valence-corrected chi connectivity index (χ0v) is 12.2. The van der Waals surface area contributed by atoms with Crippen LogP contribution in [0.3, 0.4) is 0 Å². The third-order valence-electron chi connectivity index (χ3n) is 3.65. The summed E-state index contributed by atoms with van der Waals surface area (Å²) in [6.45, 7) is 5.74. The van der Waals surface area contributed by atoms with Gasteiger partial charge in [0.05, 0.1) is 12.2 Å². The fourth-order valence-electron chi connectivity index (χ4n) is 1.84. The molecule has 0 amide bonds. The minimum Gasteiger partial charge on any atom is -0.493 e. The van der Waals surface area contributed by atoms with E-state index in [1.807, 2.05) is 12.1 Å². The van der Waals surface area contributed by atoms with Crippen molar-refractivity contribution in [1.29, 1.82) is 0 Å². The Balaban J connectivity index is 1.84. The van der Waals surface area contributed by atoms with E-state index in [4.69, 9.17) is 9.47 Å². The first-order valence-electron chi connectivity index (χ1n) is 7.10. The van der Waals surface area contributed by atoms with Crippen LogP contribution >= 0.6 is 0 Å². The first-order valence-corrected chi connectivity index (χ1v) is 7.10. The van der Waals surface area contributed by atoms with Crippen molar-refractivity contribution in [1.82, 2.24) is 5.32 Å². The summed E-state index contributed by atoms with van der Waals surface area (Å²) < 4.78 is 11.3. The van der Waals surface area contributed by atoms with Gasteiger partial charge in [0, 0.05) is 31.7 Å². The molecule has 0 aliphatic heterocycles. The second-order valence-corrected chi connectivity index (χ2v) is 5.83. The Labute approximate surface area is 116 Å². The molecule has 1 saturated carbocycles. The molecular weight excluding hydrogens is 238 g/mol. The van der Waals surface area contributed by atoms with Gasteiger partial charge in [-0.3, -0.25) is 0 Å². The van der Waals surface area contributed by atoms with Crippen LogP contribution in [0.1, 0.15) is 38.7 Å². The first-order chi connectivity index (χ1) is 9.11. The van der Waals surface area contributed by atoms with Crippen LogP contribution < -0.4 is 10.1 Å². The molecular formula is C16H25NO2. The molecule has 1 aliphatic rings. The molecule has 0 saturated heterocycles. The average molecular weight is 263 g/mol. The summed E-state index contributed by atoms with van der Waals surface area (Å²) in [7, 11) is 1.74. The van der Waals surface area contributed by atoms with Gasteiger partial charge in [-0.25, -0.2) is 0 Å². The van der Waals surface area contributed by atoms with E-state index in [0.717, 1.165) is 24.8 Å². The van der Waals surface area contributed by atoms with Crippen molar-refractivity contribution >= 4 is 0 Å². The van der Waals surface area contributed by atoms with Crippen molar-refractivity contribution in [3.05, 3.63) is 29.8 Å². The quantitative estimate of drug-likeness (QED) is 0.781. The maximum Gasteiger partial charge on any atom is 0.123 e. The molecule has 0 unspecified atom stereocenters. The van der Waals surface area contributed by atoms with Crippen LogP contribution in [0.4, 0.5) is 0 Å². The molecule has 0 atom stereocenters. The number of hydrogen-bond donors (Lipinski definition) is 1. The fraction of sp³-hybridized carbons (Fsp3) is 0.625. The summed E-state index contributed by atoms with van der Waals surface area (Å²) in [4.78, 5) is 0. The number of rotatable bonds is 8. The van der Waals surface area contributed by atoms with Crippen molar-refractivity contribution in [2.75, 3.05) is 13.7 Å². The van der Waals surface area contributed by atoms with Crippen LogP contribution in [0.15, 0.2) is 24.3 Å². The number of para-hydroxylation sites is 1. The zero-order valence-electron chi connectivity index (χ0n) is 12.2. The van der Waals surface area contributed by atoms with Gasteiger partial charge < -0.3 is 14.8 Å². The minimum absolute atomic E-state index is 0.124. The molecule has 19 heavy (non-hydrogen) atoms. The molecule has 3 heteroatoms. The van der Waals surface area contributed by atoms with Gasteiger partial charge in [-0.2, -0.15) is 0 Å². The minimum atomic E-state index is -0.124. The monoisotopic (exact) mass is 263 g/mol. The molecule has 1 aromatic carbocycles. The maximum absolute atomic E-state index is 5.91. The smallest absolute Gasteiger partial charge is 0.123 e. The second-order valence-electron chi connectivity index (χ2n) is 5.83. The topological polar surface area (TPSA) is 30.5 Å². The fourth-order valence-corrected chi connectivity index (χ4v) is 1.84. The Morgan fingerprint density at radius 3 is 2.68 bits per heavy atom. The lowest BCUT2D eigenvalue weighted by atomic mass is 10.1. The number of hydrogen-bond acceptors (Lipinski definition) is 3. The van der Waals surface area contributed by atoms with Gasteiger partial charge in [-0.05, 0) is 32.8 Å². The summed E-state index contributed by atoms with van der Waals surface area (Å²) >= 11 is 0. The highest BCUT2D eigenvalue weighted by Crippen LogP contribution is 2.23. The van der Waals surface area contributed by atoms with E-state index in [-0.39, 0.29) is 5.60 Å². The van der Waals surface area contributed by atoms with Crippen LogP contribution in [0.25, 0.3) is 0 Å². The predicted molar refractivity (Wildman–Crippen MR) is 77.5 cm³/mol. The number of methoxy groups -OCH3 is 1. The number of ether oxygens (including phenoxy) is 2. The molecule has 1 N–H and O–H groups in total. The van der Waals surface area contributed by atoms with Crippen molar-refractivity contribution < 1.29 is 9.47 Å². The van der Waals surface area contributed by atoms with E-state index < -0.39 is 0 Å². The van der Waals surface area contributed by atoms with Crippen LogP contribution in [0.2, 0.25) is 0 Å². The maximum atomic E-state index is 5.91. The molecule has 0 spiro atoms. The van der Waals surface area contributed by atoms with Crippen LogP contribution in [-0.4, -0.2) is 25.4 Å². The highest BCUT2D eigenvalue weighted by molar-refractivity contribution is 5.33. The summed E-state index contributed by atoms with van der Waals surface area (Å²) in [5.74, 6) is 0.988. The predicted octanol–water partition coefficient (Wildman–Crippen LogP) is 3.13. The van der Waals surface area contributed by atoms with Gasteiger partial charge >= 0.3 is 0 Å². The summed E-state index contributed by atoms with van der Waals surface area (Å²) in [6, 6.07) is 8.99. The van der Waals surface area contributed by atoms with Crippen LogP contribution in [-0.2, 0) is 11.3 Å². The Kier molecular flexibility index (Phi) is 4.83. The Hall–Kier alpha value is -1.06. The van der Waals surface area contributed by atoms with Crippen molar-refractivity contribution in [2.45, 2.75) is 51.3 Å². The van der Waals surface area contributed by atoms with Crippen molar-refractivity contribution in [3.8, 4) is 5.75 Å². The molecule has 3 nitrogen and oxygen atoms in total. The van der Waals surface area contributed by atoms with E-state index in [2.05, 4.69) is 31.3 Å². The summed E-state index contributed by atoms with van der Waals surface area (Å²) in [6.07, 6.45) is 3.50. The zero-order chi connectivity index (χ0) is 13.7. The van der Waals surface area contributed by atoms with E-state index in [0.29, 0.717) is 6.61 Å². The molecule has 1 aromatic rings. The highest BCUT2D eigenvalue weighted by atomic mass is 16.5. The molecule has 106 valence electrons.